The molecule has 27 heavy (non-hydrogen) atoms. The lowest BCUT2D eigenvalue weighted by Gasteiger charge is -2.37. The molecule has 3 aliphatic rings. The predicted molar refractivity (Wildman–Crippen MR) is 99.2 cm³/mol. The Bertz CT molecular complexity index is 706. The third-order valence-electron chi connectivity index (χ3n) is 6.29. The maximum atomic E-state index is 13.4. The highest BCUT2D eigenvalue weighted by molar-refractivity contribution is 5.98. The molecule has 4 nitrogen and oxygen atoms in total. The van der Waals surface area contributed by atoms with Crippen LogP contribution in [0.25, 0.3) is 0 Å². The van der Waals surface area contributed by atoms with E-state index < -0.39 is 5.92 Å². The molecule has 1 saturated carbocycles. The van der Waals surface area contributed by atoms with Crippen molar-refractivity contribution in [3.8, 4) is 5.75 Å². The van der Waals surface area contributed by atoms with E-state index in [1.54, 1.807) is 0 Å². The molecule has 1 aliphatic carbocycles. The number of benzene rings is 1. The van der Waals surface area contributed by atoms with Crippen molar-refractivity contribution < 1.29 is 18.3 Å². The van der Waals surface area contributed by atoms with Gasteiger partial charge in [-0.05, 0) is 43.0 Å². The normalized spacial score (nSPS) is 23.8. The average Bonchev–Trinajstić information content (AvgIpc) is 2.65. The first-order valence-corrected chi connectivity index (χ1v) is 10.1. The van der Waals surface area contributed by atoms with Crippen LogP contribution in [0, 0.1) is 6.92 Å². The van der Waals surface area contributed by atoms with Crippen LogP contribution in [-0.2, 0) is 6.54 Å². The number of fused-ring (bicyclic) bond motifs is 1. The van der Waals surface area contributed by atoms with Crippen LogP contribution >= 0.6 is 0 Å². The summed E-state index contributed by atoms with van der Waals surface area (Å²) in [5, 5.41) is 0. The zero-order valence-corrected chi connectivity index (χ0v) is 16.0. The minimum absolute atomic E-state index is 0.0505. The maximum Gasteiger partial charge on any atom is 0.260 e. The van der Waals surface area contributed by atoms with Gasteiger partial charge in [0.05, 0.1) is 5.56 Å². The van der Waals surface area contributed by atoms with Crippen molar-refractivity contribution >= 4 is 5.91 Å². The Morgan fingerprint density at radius 2 is 1.85 bits per heavy atom. The van der Waals surface area contributed by atoms with Crippen molar-refractivity contribution in [3.05, 3.63) is 28.8 Å². The van der Waals surface area contributed by atoms with Gasteiger partial charge in [-0.2, -0.15) is 0 Å². The second kappa shape index (κ2) is 7.38. The Balaban J connectivity index is 1.51. The molecule has 1 saturated heterocycles. The molecule has 0 radical (unpaired) electrons. The number of piperidine rings is 1. The molecule has 0 atom stereocenters. The summed E-state index contributed by atoms with van der Waals surface area (Å²) < 4.78 is 32.7. The minimum Gasteiger partial charge on any atom is -0.472 e. The summed E-state index contributed by atoms with van der Waals surface area (Å²) in [6, 6.07) is 4.13. The first kappa shape index (κ1) is 18.7. The number of nitrogens with zero attached hydrogens (tertiary/aromatic N) is 2. The molecule has 0 aromatic heterocycles. The van der Waals surface area contributed by atoms with Crippen LogP contribution in [0.2, 0.25) is 0 Å². The summed E-state index contributed by atoms with van der Waals surface area (Å²) in [4.78, 5) is 17.0. The number of likely N-dealkylation sites (tertiary alicyclic amines) is 1. The molecule has 0 unspecified atom stereocenters. The Kier molecular flexibility index (Phi) is 5.10. The fourth-order valence-corrected chi connectivity index (χ4v) is 4.48. The summed E-state index contributed by atoms with van der Waals surface area (Å²) >= 11 is 0. The number of ether oxygens (including phenoxy) is 1. The third kappa shape index (κ3) is 3.96. The lowest BCUT2D eigenvalue weighted by molar-refractivity contribution is -0.0566. The number of hydrogen-bond donors (Lipinski definition) is 0. The number of rotatable bonds is 3. The summed E-state index contributed by atoms with van der Waals surface area (Å²) in [5.74, 6) is -1.83. The van der Waals surface area contributed by atoms with Crippen molar-refractivity contribution in [2.45, 2.75) is 70.4 Å². The number of aryl methyl sites for hydroxylation is 1. The molecule has 2 fully saturated rings. The van der Waals surface area contributed by atoms with E-state index in [9.17, 15) is 13.6 Å². The van der Waals surface area contributed by atoms with E-state index in [0.29, 0.717) is 37.7 Å². The Morgan fingerprint density at radius 1 is 1.15 bits per heavy atom. The topological polar surface area (TPSA) is 32.8 Å². The number of alkyl halides is 2. The number of carbonyl (C=O) groups excluding carboxylic acids is 1. The fourth-order valence-electron chi connectivity index (χ4n) is 4.48. The molecule has 2 heterocycles. The first-order valence-electron chi connectivity index (χ1n) is 10.1. The quantitative estimate of drug-likeness (QED) is 0.784. The van der Waals surface area contributed by atoms with Crippen LogP contribution in [-0.4, -0.2) is 47.5 Å². The van der Waals surface area contributed by atoms with Crippen molar-refractivity contribution in [1.29, 1.82) is 0 Å². The lowest BCUT2D eigenvalue weighted by Crippen LogP contribution is -2.46. The zero-order chi connectivity index (χ0) is 19.0. The largest absolute Gasteiger partial charge is 0.472 e. The SMILES string of the molecule is Cc1cc2c(cc1CN1CCC(F)(F)CC1)C(=O)N(C1CCCCC1)CO2. The maximum absolute atomic E-state index is 13.4. The molecule has 6 heteroatoms. The molecule has 0 spiro atoms. The lowest BCUT2D eigenvalue weighted by atomic mass is 9.93. The predicted octanol–water partition coefficient (Wildman–Crippen LogP) is 4.35. The van der Waals surface area contributed by atoms with E-state index in [1.807, 2.05) is 24.0 Å². The van der Waals surface area contributed by atoms with E-state index in [2.05, 4.69) is 4.90 Å². The Hall–Kier alpha value is -1.69. The van der Waals surface area contributed by atoms with Gasteiger partial charge in [0.15, 0.2) is 6.73 Å². The van der Waals surface area contributed by atoms with Gasteiger partial charge in [0.1, 0.15) is 5.75 Å². The summed E-state index contributed by atoms with van der Waals surface area (Å²) in [5.41, 5.74) is 2.70. The van der Waals surface area contributed by atoms with Crippen molar-refractivity contribution in [1.82, 2.24) is 9.80 Å². The van der Waals surface area contributed by atoms with Crippen LogP contribution in [0.15, 0.2) is 12.1 Å². The smallest absolute Gasteiger partial charge is 0.260 e. The second-order valence-electron chi connectivity index (χ2n) is 8.25. The van der Waals surface area contributed by atoms with E-state index >= 15 is 0 Å². The molecule has 0 bridgehead atoms. The van der Waals surface area contributed by atoms with Gasteiger partial charge in [0.2, 0.25) is 0 Å². The number of halogens is 2. The highest BCUT2D eigenvalue weighted by Crippen LogP contribution is 2.34. The number of carbonyl (C=O) groups is 1. The van der Waals surface area contributed by atoms with Crippen LogP contribution in [0.5, 0.6) is 5.75 Å². The molecule has 1 aromatic rings. The summed E-state index contributed by atoms with van der Waals surface area (Å²) in [6.07, 6.45) is 5.49. The van der Waals surface area contributed by atoms with Crippen LogP contribution < -0.4 is 4.74 Å². The second-order valence-corrected chi connectivity index (χ2v) is 8.25. The molecule has 1 aromatic carbocycles. The van der Waals surface area contributed by atoms with Crippen molar-refractivity contribution in [3.63, 3.8) is 0 Å². The highest BCUT2D eigenvalue weighted by Gasteiger charge is 2.35. The van der Waals surface area contributed by atoms with E-state index in [1.165, 1.54) is 19.3 Å². The van der Waals surface area contributed by atoms with Gasteiger partial charge in [-0.25, -0.2) is 8.78 Å². The van der Waals surface area contributed by atoms with E-state index in [4.69, 9.17) is 4.74 Å². The van der Waals surface area contributed by atoms with E-state index in [0.717, 1.165) is 24.0 Å². The van der Waals surface area contributed by atoms with Gasteiger partial charge in [0.25, 0.3) is 11.8 Å². The van der Waals surface area contributed by atoms with Crippen LogP contribution in [0.3, 0.4) is 0 Å². The number of amides is 1. The van der Waals surface area contributed by atoms with Gasteiger partial charge in [-0.3, -0.25) is 9.69 Å². The molecule has 1 amide bonds. The van der Waals surface area contributed by atoms with Gasteiger partial charge in [-0.15, -0.1) is 0 Å². The fraction of sp³-hybridized carbons (Fsp3) is 0.667. The monoisotopic (exact) mass is 378 g/mol. The van der Waals surface area contributed by atoms with Gasteiger partial charge in [0, 0.05) is 38.5 Å². The highest BCUT2D eigenvalue weighted by atomic mass is 19.3. The number of hydrogen-bond acceptors (Lipinski definition) is 3. The van der Waals surface area contributed by atoms with E-state index in [-0.39, 0.29) is 24.8 Å². The van der Waals surface area contributed by atoms with Gasteiger partial charge < -0.3 is 9.64 Å². The van der Waals surface area contributed by atoms with Crippen LogP contribution in [0.1, 0.15) is 66.4 Å². The van der Waals surface area contributed by atoms with Gasteiger partial charge in [-0.1, -0.05) is 19.3 Å². The minimum atomic E-state index is -2.54. The molecule has 4 rings (SSSR count). The Labute approximate surface area is 159 Å². The zero-order valence-electron chi connectivity index (χ0n) is 16.0. The first-order chi connectivity index (χ1) is 12.9. The average molecular weight is 378 g/mol. The summed E-state index contributed by atoms with van der Waals surface area (Å²) in [6.45, 7) is 3.71. The summed E-state index contributed by atoms with van der Waals surface area (Å²) in [7, 11) is 0. The van der Waals surface area contributed by atoms with Crippen molar-refractivity contribution in [2.24, 2.45) is 0 Å². The standard InChI is InChI=1S/C21H28F2N2O2/c1-15-11-19-18(12-16(15)13-24-9-7-21(22,23)8-10-24)20(26)25(14-27-19)17-5-3-2-4-6-17/h11-12,17H,2-10,13-14H2,1H3. The molecule has 2 aliphatic heterocycles. The molecule has 148 valence electrons. The van der Waals surface area contributed by atoms with Crippen LogP contribution in [0.4, 0.5) is 8.78 Å². The molecule has 0 N–H and O–H groups in total. The Morgan fingerprint density at radius 3 is 2.56 bits per heavy atom. The van der Waals surface area contributed by atoms with Gasteiger partial charge >= 0.3 is 0 Å². The molecular formula is C21H28F2N2O2. The van der Waals surface area contributed by atoms with Crippen molar-refractivity contribution in [2.75, 3.05) is 19.8 Å². The molecular weight excluding hydrogens is 350 g/mol. The third-order valence-corrected chi connectivity index (χ3v) is 6.29.